The lowest BCUT2D eigenvalue weighted by atomic mass is 9.76. The van der Waals surface area contributed by atoms with E-state index in [0.29, 0.717) is 18.4 Å². The van der Waals surface area contributed by atoms with Crippen LogP contribution in [0.5, 0.6) is 0 Å². The van der Waals surface area contributed by atoms with Crippen molar-refractivity contribution >= 4 is 0 Å². The van der Waals surface area contributed by atoms with Crippen LogP contribution in [-0.4, -0.2) is 6.54 Å². The molecule has 0 fully saturated rings. The zero-order chi connectivity index (χ0) is 10.8. The largest absolute Gasteiger partial charge is 0.330 e. The number of fused-ring (bicyclic) bond motifs is 1. The second-order valence-electron chi connectivity index (χ2n) is 4.53. The van der Waals surface area contributed by atoms with Crippen molar-refractivity contribution in [3.05, 3.63) is 35.1 Å². The van der Waals surface area contributed by atoms with Gasteiger partial charge in [0, 0.05) is 0 Å². The normalized spacial score (nSPS) is 25.0. The molecule has 1 aliphatic rings. The molecule has 1 aromatic rings. The Labute approximate surface area is 90.5 Å². The molecule has 2 N–H and O–H groups in total. The Kier molecular flexibility index (Phi) is 3.06. The molecule has 2 unspecified atom stereocenters. The second-order valence-corrected chi connectivity index (χ2v) is 4.53. The van der Waals surface area contributed by atoms with Gasteiger partial charge in [-0.15, -0.1) is 0 Å². The third-order valence-corrected chi connectivity index (χ3v) is 3.48. The number of halogens is 1. The van der Waals surface area contributed by atoms with Crippen LogP contribution in [0.4, 0.5) is 4.39 Å². The highest BCUT2D eigenvalue weighted by molar-refractivity contribution is 5.35. The summed E-state index contributed by atoms with van der Waals surface area (Å²) in [6, 6.07) is 5.21. The van der Waals surface area contributed by atoms with Gasteiger partial charge in [-0.2, -0.15) is 0 Å². The fourth-order valence-corrected chi connectivity index (χ4v) is 2.61. The molecule has 2 rings (SSSR count). The molecular formula is C13H18FN. The molecule has 0 aliphatic heterocycles. The van der Waals surface area contributed by atoms with Gasteiger partial charge in [-0.05, 0) is 60.9 Å². The number of nitrogens with two attached hydrogens (primary N) is 1. The van der Waals surface area contributed by atoms with Gasteiger partial charge in [0.2, 0.25) is 0 Å². The maximum absolute atomic E-state index is 13.2. The molecule has 2 heteroatoms. The van der Waals surface area contributed by atoms with Crippen LogP contribution in [0.2, 0.25) is 0 Å². The van der Waals surface area contributed by atoms with E-state index in [4.69, 9.17) is 5.73 Å². The Balaban J connectivity index is 2.37. The van der Waals surface area contributed by atoms with Crippen molar-refractivity contribution in [1.29, 1.82) is 0 Å². The zero-order valence-corrected chi connectivity index (χ0v) is 9.17. The van der Waals surface area contributed by atoms with E-state index in [-0.39, 0.29) is 5.82 Å². The van der Waals surface area contributed by atoms with E-state index in [0.717, 1.165) is 12.8 Å². The summed E-state index contributed by atoms with van der Waals surface area (Å²) in [5.74, 6) is 0.913. The lowest BCUT2D eigenvalue weighted by Crippen LogP contribution is -2.16. The van der Waals surface area contributed by atoms with Crippen LogP contribution in [0, 0.1) is 5.82 Å². The lowest BCUT2D eigenvalue weighted by Gasteiger charge is -2.29. The van der Waals surface area contributed by atoms with Gasteiger partial charge in [0.1, 0.15) is 5.82 Å². The Bertz CT molecular complexity index is 348. The minimum absolute atomic E-state index is 0.120. The molecule has 0 saturated carbocycles. The summed E-state index contributed by atoms with van der Waals surface area (Å²) in [5.41, 5.74) is 8.11. The number of hydrogen-bond acceptors (Lipinski definition) is 1. The molecule has 0 bridgehead atoms. The maximum atomic E-state index is 13.2. The van der Waals surface area contributed by atoms with Crippen LogP contribution in [0.1, 0.15) is 49.1 Å². The average Bonchev–Trinajstić information content (AvgIpc) is 2.22. The van der Waals surface area contributed by atoms with Gasteiger partial charge >= 0.3 is 0 Å². The van der Waals surface area contributed by atoms with Crippen LogP contribution in [0.3, 0.4) is 0 Å². The standard InChI is InChI=1S/C13H18FN/c1-9-2-3-10(6-7-15)13-8-11(14)4-5-12(9)13/h4-5,8-10H,2-3,6-7,15H2,1H3. The summed E-state index contributed by atoms with van der Waals surface area (Å²) in [5, 5.41) is 0. The predicted octanol–water partition coefficient (Wildman–Crippen LogP) is 3.16. The molecule has 0 amide bonds. The van der Waals surface area contributed by atoms with E-state index < -0.39 is 0 Å². The Morgan fingerprint density at radius 2 is 2.13 bits per heavy atom. The lowest BCUT2D eigenvalue weighted by molar-refractivity contribution is 0.479. The van der Waals surface area contributed by atoms with Crippen molar-refractivity contribution in [2.24, 2.45) is 5.73 Å². The van der Waals surface area contributed by atoms with Gasteiger partial charge < -0.3 is 5.73 Å². The Morgan fingerprint density at radius 1 is 1.33 bits per heavy atom. The van der Waals surface area contributed by atoms with E-state index in [2.05, 4.69) is 6.92 Å². The van der Waals surface area contributed by atoms with Crippen molar-refractivity contribution in [3.8, 4) is 0 Å². The van der Waals surface area contributed by atoms with Crippen molar-refractivity contribution in [1.82, 2.24) is 0 Å². The van der Waals surface area contributed by atoms with Crippen molar-refractivity contribution in [2.45, 2.75) is 38.0 Å². The van der Waals surface area contributed by atoms with Crippen molar-refractivity contribution < 1.29 is 4.39 Å². The summed E-state index contributed by atoms with van der Waals surface area (Å²) in [6.07, 6.45) is 3.32. The Morgan fingerprint density at radius 3 is 2.87 bits per heavy atom. The molecule has 0 spiro atoms. The average molecular weight is 207 g/mol. The highest BCUT2D eigenvalue weighted by Crippen LogP contribution is 2.40. The van der Waals surface area contributed by atoms with Gasteiger partial charge in [-0.3, -0.25) is 0 Å². The fraction of sp³-hybridized carbons (Fsp3) is 0.538. The molecule has 1 aliphatic carbocycles. The molecule has 0 aromatic heterocycles. The first-order valence-corrected chi connectivity index (χ1v) is 5.71. The summed E-state index contributed by atoms with van der Waals surface area (Å²) >= 11 is 0. The van der Waals surface area contributed by atoms with E-state index in [1.165, 1.54) is 17.5 Å². The molecule has 0 radical (unpaired) electrons. The predicted molar refractivity (Wildman–Crippen MR) is 60.5 cm³/mol. The first kappa shape index (κ1) is 10.6. The third-order valence-electron chi connectivity index (χ3n) is 3.48. The second kappa shape index (κ2) is 4.31. The third kappa shape index (κ3) is 2.05. The molecule has 1 nitrogen and oxygen atoms in total. The minimum Gasteiger partial charge on any atom is -0.330 e. The highest BCUT2D eigenvalue weighted by atomic mass is 19.1. The van der Waals surface area contributed by atoms with Crippen LogP contribution < -0.4 is 5.73 Å². The summed E-state index contributed by atoms with van der Waals surface area (Å²) in [6.45, 7) is 2.91. The number of rotatable bonds is 2. The SMILES string of the molecule is CC1CCC(CCN)c2cc(F)ccc21. The number of hydrogen-bond donors (Lipinski definition) is 1. The van der Waals surface area contributed by atoms with Crippen molar-refractivity contribution in [3.63, 3.8) is 0 Å². The highest BCUT2D eigenvalue weighted by Gasteiger charge is 2.24. The molecule has 1 aromatic carbocycles. The maximum Gasteiger partial charge on any atom is 0.123 e. The van der Waals surface area contributed by atoms with Crippen LogP contribution in [0.15, 0.2) is 18.2 Å². The number of benzene rings is 1. The molecular weight excluding hydrogens is 189 g/mol. The molecule has 15 heavy (non-hydrogen) atoms. The van der Waals surface area contributed by atoms with E-state index in [1.807, 2.05) is 6.07 Å². The van der Waals surface area contributed by atoms with Gasteiger partial charge in [0.15, 0.2) is 0 Å². The van der Waals surface area contributed by atoms with Gasteiger partial charge in [0.05, 0.1) is 0 Å². The van der Waals surface area contributed by atoms with Crippen LogP contribution >= 0.6 is 0 Å². The fourth-order valence-electron chi connectivity index (χ4n) is 2.61. The smallest absolute Gasteiger partial charge is 0.123 e. The van der Waals surface area contributed by atoms with Gasteiger partial charge in [0.25, 0.3) is 0 Å². The monoisotopic (exact) mass is 207 g/mol. The Hall–Kier alpha value is -0.890. The first-order valence-electron chi connectivity index (χ1n) is 5.71. The topological polar surface area (TPSA) is 26.0 Å². The van der Waals surface area contributed by atoms with Gasteiger partial charge in [-0.1, -0.05) is 13.0 Å². The summed E-state index contributed by atoms with van der Waals surface area (Å²) < 4.78 is 13.2. The van der Waals surface area contributed by atoms with Crippen molar-refractivity contribution in [2.75, 3.05) is 6.54 Å². The quantitative estimate of drug-likeness (QED) is 0.792. The molecule has 0 saturated heterocycles. The summed E-state index contributed by atoms with van der Waals surface area (Å²) in [7, 11) is 0. The van der Waals surface area contributed by atoms with Crippen LogP contribution in [-0.2, 0) is 0 Å². The molecule has 0 heterocycles. The first-order chi connectivity index (χ1) is 7.22. The zero-order valence-electron chi connectivity index (χ0n) is 9.17. The minimum atomic E-state index is -0.120. The van der Waals surface area contributed by atoms with E-state index in [1.54, 1.807) is 12.1 Å². The van der Waals surface area contributed by atoms with E-state index >= 15 is 0 Å². The molecule has 2 atom stereocenters. The van der Waals surface area contributed by atoms with Crippen LogP contribution in [0.25, 0.3) is 0 Å². The van der Waals surface area contributed by atoms with Gasteiger partial charge in [-0.25, -0.2) is 4.39 Å². The molecule has 82 valence electrons. The summed E-state index contributed by atoms with van der Waals surface area (Å²) in [4.78, 5) is 0. The van der Waals surface area contributed by atoms with E-state index in [9.17, 15) is 4.39 Å².